The third kappa shape index (κ3) is 2.94. The van der Waals surface area contributed by atoms with Crippen LogP contribution in [0.1, 0.15) is 48.2 Å². The van der Waals surface area contributed by atoms with Crippen molar-refractivity contribution in [2.24, 2.45) is 7.05 Å². The lowest BCUT2D eigenvalue weighted by molar-refractivity contribution is -0.137. The predicted molar refractivity (Wildman–Crippen MR) is 69.0 cm³/mol. The molecule has 2 rings (SSSR count). The molecule has 6 nitrogen and oxygen atoms in total. The van der Waals surface area contributed by atoms with E-state index < -0.39 is 5.97 Å². The minimum Gasteiger partial charge on any atom is -0.481 e. The van der Waals surface area contributed by atoms with Gasteiger partial charge >= 0.3 is 5.97 Å². The van der Waals surface area contributed by atoms with Crippen LogP contribution in [0.25, 0.3) is 0 Å². The number of carboxylic acid groups (broad SMARTS) is 1. The summed E-state index contributed by atoms with van der Waals surface area (Å²) >= 11 is 0. The van der Waals surface area contributed by atoms with Crippen LogP contribution in [-0.2, 0) is 11.8 Å². The van der Waals surface area contributed by atoms with Gasteiger partial charge in [-0.2, -0.15) is 5.10 Å². The summed E-state index contributed by atoms with van der Waals surface area (Å²) in [6.07, 6.45) is 3.76. The highest BCUT2D eigenvalue weighted by molar-refractivity contribution is 5.95. The third-order valence-electron chi connectivity index (χ3n) is 3.44. The Kier molecular flexibility index (Phi) is 3.87. The SMILES string of the molecule is CCN(CCC(=O)O)C(=O)c1cnn(C)c1C1CC1. The molecule has 1 aromatic rings. The highest BCUT2D eigenvalue weighted by atomic mass is 16.4. The molecule has 1 heterocycles. The van der Waals surface area contributed by atoms with Gasteiger partial charge in [-0.25, -0.2) is 0 Å². The van der Waals surface area contributed by atoms with Gasteiger partial charge in [-0.3, -0.25) is 14.3 Å². The van der Waals surface area contributed by atoms with Crippen LogP contribution in [0.4, 0.5) is 0 Å². The summed E-state index contributed by atoms with van der Waals surface area (Å²) in [5.41, 5.74) is 1.61. The van der Waals surface area contributed by atoms with Crippen molar-refractivity contribution in [2.75, 3.05) is 13.1 Å². The molecule has 0 spiro atoms. The van der Waals surface area contributed by atoms with Crippen molar-refractivity contribution < 1.29 is 14.7 Å². The van der Waals surface area contributed by atoms with Crippen LogP contribution >= 0.6 is 0 Å². The van der Waals surface area contributed by atoms with Crippen LogP contribution in [0.2, 0.25) is 0 Å². The third-order valence-corrected chi connectivity index (χ3v) is 3.44. The Morgan fingerprint density at radius 2 is 2.21 bits per heavy atom. The maximum atomic E-state index is 12.4. The first-order valence-electron chi connectivity index (χ1n) is 6.57. The number of rotatable bonds is 6. The summed E-state index contributed by atoms with van der Waals surface area (Å²) in [6, 6.07) is 0. The first-order chi connectivity index (χ1) is 9.04. The van der Waals surface area contributed by atoms with E-state index in [1.54, 1.807) is 15.8 Å². The second-order valence-corrected chi connectivity index (χ2v) is 4.87. The fraction of sp³-hybridized carbons (Fsp3) is 0.615. The molecule has 0 aromatic carbocycles. The van der Waals surface area contributed by atoms with E-state index in [1.807, 2.05) is 14.0 Å². The number of carboxylic acids is 1. The van der Waals surface area contributed by atoms with Crippen LogP contribution < -0.4 is 0 Å². The monoisotopic (exact) mass is 265 g/mol. The molecule has 6 heteroatoms. The van der Waals surface area contributed by atoms with Gasteiger partial charge in [-0.1, -0.05) is 0 Å². The van der Waals surface area contributed by atoms with Gasteiger partial charge in [0.05, 0.1) is 23.9 Å². The molecule has 1 aromatic heterocycles. The van der Waals surface area contributed by atoms with Crippen molar-refractivity contribution >= 4 is 11.9 Å². The number of carbonyl (C=O) groups is 2. The first-order valence-corrected chi connectivity index (χ1v) is 6.57. The van der Waals surface area contributed by atoms with Crippen LogP contribution in [0.5, 0.6) is 0 Å². The Hall–Kier alpha value is -1.85. The van der Waals surface area contributed by atoms with Gasteiger partial charge in [-0.05, 0) is 19.8 Å². The summed E-state index contributed by atoms with van der Waals surface area (Å²) < 4.78 is 1.76. The number of aromatic nitrogens is 2. The van der Waals surface area contributed by atoms with E-state index >= 15 is 0 Å². The molecule has 1 aliphatic rings. The molecular weight excluding hydrogens is 246 g/mol. The second kappa shape index (κ2) is 5.42. The molecule has 0 atom stereocenters. The predicted octanol–water partition coefficient (Wildman–Crippen LogP) is 1.23. The van der Waals surface area contributed by atoms with Gasteiger partial charge in [0.1, 0.15) is 0 Å². The molecule has 1 amide bonds. The lowest BCUT2D eigenvalue weighted by Crippen LogP contribution is -2.33. The molecule has 1 aliphatic carbocycles. The Bertz CT molecular complexity index is 491. The smallest absolute Gasteiger partial charge is 0.305 e. The van der Waals surface area contributed by atoms with Crippen molar-refractivity contribution in [3.8, 4) is 0 Å². The van der Waals surface area contributed by atoms with Gasteiger partial charge in [0.2, 0.25) is 0 Å². The summed E-state index contributed by atoms with van der Waals surface area (Å²) in [7, 11) is 1.85. The van der Waals surface area contributed by atoms with E-state index in [9.17, 15) is 9.59 Å². The first kappa shape index (κ1) is 13.6. The number of hydrogen-bond donors (Lipinski definition) is 1. The Morgan fingerprint density at radius 1 is 1.53 bits per heavy atom. The molecule has 0 aliphatic heterocycles. The van der Waals surface area contributed by atoms with Crippen LogP contribution in [-0.4, -0.2) is 44.8 Å². The molecule has 0 radical (unpaired) electrons. The highest BCUT2D eigenvalue weighted by Gasteiger charge is 2.32. The molecular formula is C13H19N3O3. The minimum atomic E-state index is -0.889. The molecule has 1 saturated carbocycles. The van der Waals surface area contributed by atoms with Gasteiger partial charge in [0.15, 0.2) is 0 Å². The van der Waals surface area contributed by atoms with Crippen molar-refractivity contribution in [2.45, 2.75) is 32.1 Å². The van der Waals surface area contributed by atoms with Crippen LogP contribution in [0.15, 0.2) is 6.20 Å². The Balaban J connectivity index is 2.15. The number of aliphatic carboxylic acids is 1. The van der Waals surface area contributed by atoms with Crippen LogP contribution in [0.3, 0.4) is 0 Å². The fourth-order valence-electron chi connectivity index (χ4n) is 2.26. The number of hydrogen-bond acceptors (Lipinski definition) is 3. The van der Waals surface area contributed by atoms with Crippen molar-refractivity contribution in [1.82, 2.24) is 14.7 Å². The maximum absolute atomic E-state index is 12.4. The zero-order valence-electron chi connectivity index (χ0n) is 11.3. The zero-order valence-corrected chi connectivity index (χ0v) is 11.3. The van der Waals surface area contributed by atoms with Gasteiger partial charge < -0.3 is 10.0 Å². The van der Waals surface area contributed by atoms with E-state index in [-0.39, 0.29) is 18.9 Å². The Morgan fingerprint density at radius 3 is 2.74 bits per heavy atom. The molecule has 0 unspecified atom stereocenters. The van der Waals surface area contributed by atoms with Gasteiger partial charge in [0.25, 0.3) is 5.91 Å². The lowest BCUT2D eigenvalue weighted by Gasteiger charge is -2.20. The molecule has 19 heavy (non-hydrogen) atoms. The second-order valence-electron chi connectivity index (χ2n) is 4.87. The Labute approximate surface area is 112 Å². The number of nitrogens with zero attached hydrogens (tertiary/aromatic N) is 3. The lowest BCUT2D eigenvalue weighted by atomic mass is 10.1. The van der Waals surface area contributed by atoms with E-state index in [1.165, 1.54) is 0 Å². The molecule has 1 fully saturated rings. The number of carbonyl (C=O) groups excluding carboxylic acids is 1. The highest BCUT2D eigenvalue weighted by Crippen LogP contribution is 2.41. The normalized spacial score (nSPS) is 14.4. The van der Waals surface area contributed by atoms with Gasteiger partial charge in [-0.15, -0.1) is 0 Å². The molecule has 104 valence electrons. The summed E-state index contributed by atoms with van der Waals surface area (Å²) in [5.74, 6) is -0.566. The molecule has 1 N–H and O–H groups in total. The quantitative estimate of drug-likeness (QED) is 0.839. The average molecular weight is 265 g/mol. The zero-order chi connectivity index (χ0) is 14.0. The number of aryl methyl sites for hydroxylation is 1. The summed E-state index contributed by atoms with van der Waals surface area (Å²) in [5, 5.41) is 12.9. The minimum absolute atomic E-state index is 0.0292. The van der Waals surface area contributed by atoms with E-state index in [2.05, 4.69) is 5.10 Å². The van der Waals surface area contributed by atoms with E-state index in [4.69, 9.17) is 5.11 Å². The van der Waals surface area contributed by atoms with E-state index in [0.29, 0.717) is 18.0 Å². The van der Waals surface area contributed by atoms with Crippen molar-refractivity contribution in [1.29, 1.82) is 0 Å². The van der Waals surface area contributed by atoms with Crippen LogP contribution in [0, 0.1) is 0 Å². The number of amides is 1. The topological polar surface area (TPSA) is 75.4 Å². The molecule has 0 bridgehead atoms. The van der Waals surface area contributed by atoms with Crippen molar-refractivity contribution in [3.63, 3.8) is 0 Å². The van der Waals surface area contributed by atoms with Crippen molar-refractivity contribution in [3.05, 3.63) is 17.5 Å². The van der Waals surface area contributed by atoms with E-state index in [0.717, 1.165) is 18.5 Å². The summed E-state index contributed by atoms with van der Waals surface area (Å²) in [4.78, 5) is 24.6. The van der Waals surface area contributed by atoms with Gasteiger partial charge in [0, 0.05) is 26.1 Å². The summed E-state index contributed by atoms with van der Waals surface area (Å²) in [6.45, 7) is 2.60. The largest absolute Gasteiger partial charge is 0.481 e. The fourth-order valence-corrected chi connectivity index (χ4v) is 2.26. The average Bonchev–Trinajstić information content (AvgIpc) is 3.12. The maximum Gasteiger partial charge on any atom is 0.305 e. The molecule has 0 saturated heterocycles. The standard InChI is InChI=1S/C13H19N3O3/c1-3-16(7-6-11(17)18)13(19)10-8-14-15(2)12(10)9-4-5-9/h8-9H,3-7H2,1-2H3,(H,17,18).